The van der Waals surface area contributed by atoms with E-state index < -0.39 is 0 Å². The average molecular weight is 343 g/mol. The summed E-state index contributed by atoms with van der Waals surface area (Å²) in [5.41, 5.74) is 4.26. The van der Waals surface area contributed by atoms with E-state index in [1.165, 1.54) is 5.56 Å². The Labute approximate surface area is 153 Å². The predicted octanol–water partition coefficient (Wildman–Crippen LogP) is 4.44. The monoisotopic (exact) mass is 343 g/mol. The minimum Gasteiger partial charge on any atom is -0.321 e. The second kappa shape index (κ2) is 6.96. The van der Waals surface area contributed by atoms with Crippen LogP contribution in [0.15, 0.2) is 73.3 Å². The number of aromatic nitrogens is 5. The Kier molecular flexibility index (Phi) is 4.35. The van der Waals surface area contributed by atoms with Crippen molar-refractivity contribution < 1.29 is 0 Å². The molecular formula is C21H21N5. The van der Waals surface area contributed by atoms with Gasteiger partial charge in [0.15, 0.2) is 5.82 Å². The molecule has 0 spiro atoms. The van der Waals surface area contributed by atoms with E-state index in [2.05, 4.69) is 39.5 Å². The first-order valence-corrected chi connectivity index (χ1v) is 8.83. The fourth-order valence-electron chi connectivity index (χ4n) is 3.38. The molecule has 0 amide bonds. The molecule has 0 aliphatic heterocycles. The summed E-state index contributed by atoms with van der Waals surface area (Å²) in [5.74, 6) is 0.892. The topological polar surface area (TPSA) is 48.5 Å². The summed E-state index contributed by atoms with van der Waals surface area (Å²) >= 11 is 0. The van der Waals surface area contributed by atoms with Gasteiger partial charge in [0.1, 0.15) is 5.69 Å². The van der Waals surface area contributed by atoms with E-state index in [0.717, 1.165) is 29.3 Å². The van der Waals surface area contributed by atoms with Gasteiger partial charge in [-0.2, -0.15) is 5.10 Å². The molecule has 0 aliphatic carbocycles. The molecule has 0 saturated heterocycles. The molecule has 0 saturated carbocycles. The second-order valence-electron chi connectivity index (χ2n) is 6.25. The molecule has 3 aromatic heterocycles. The summed E-state index contributed by atoms with van der Waals surface area (Å²) in [4.78, 5) is 9.28. The van der Waals surface area contributed by atoms with Gasteiger partial charge in [0.25, 0.3) is 0 Å². The first kappa shape index (κ1) is 16.3. The zero-order chi connectivity index (χ0) is 17.9. The summed E-state index contributed by atoms with van der Waals surface area (Å²) in [5, 5.41) is 4.51. The van der Waals surface area contributed by atoms with Crippen LogP contribution in [0.2, 0.25) is 0 Å². The lowest BCUT2D eigenvalue weighted by molar-refractivity contribution is 0.552. The lowest BCUT2D eigenvalue weighted by Crippen LogP contribution is -2.14. The molecule has 130 valence electrons. The number of benzene rings is 1. The van der Waals surface area contributed by atoms with E-state index in [4.69, 9.17) is 0 Å². The third-order valence-electron chi connectivity index (χ3n) is 4.63. The molecule has 5 nitrogen and oxygen atoms in total. The zero-order valence-electron chi connectivity index (χ0n) is 14.9. The molecule has 0 N–H and O–H groups in total. The molecule has 1 aromatic carbocycles. The van der Waals surface area contributed by atoms with Crippen molar-refractivity contribution in [2.75, 3.05) is 0 Å². The number of aryl methyl sites for hydroxylation is 1. The minimum absolute atomic E-state index is 0.132. The minimum atomic E-state index is 0.132. The second-order valence-corrected chi connectivity index (χ2v) is 6.25. The normalized spacial score (nSPS) is 12.2. The zero-order valence-corrected chi connectivity index (χ0v) is 14.9. The van der Waals surface area contributed by atoms with Crippen molar-refractivity contribution in [3.05, 3.63) is 84.6 Å². The van der Waals surface area contributed by atoms with Gasteiger partial charge in [-0.05, 0) is 43.2 Å². The molecular weight excluding hydrogens is 322 g/mol. The van der Waals surface area contributed by atoms with E-state index in [-0.39, 0.29) is 6.04 Å². The third kappa shape index (κ3) is 2.81. The van der Waals surface area contributed by atoms with E-state index in [1.54, 1.807) is 0 Å². The Morgan fingerprint density at radius 3 is 2.54 bits per heavy atom. The van der Waals surface area contributed by atoms with Crippen LogP contribution >= 0.6 is 0 Å². The van der Waals surface area contributed by atoms with Gasteiger partial charge in [0.2, 0.25) is 0 Å². The maximum Gasteiger partial charge on any atom is 0.159 e. The van der Waals surface area contributed by atoms with E-state index in [9.17, 15) is 0 Å². The highest BCUT2D eigenvalue weighted by atomic mass is 15.3. The fraction of sp³-hybridized carbons (Fsp3) is 0.190. The number of nitrogens with zero attached hydrogens (tertiary/aromatic N) is 5. The summed E-state index contributed by atoms with van der Waals surface area (Å²) in [6.45, 7) is 4.28. The fourth-order valence-corrected chi connectivity index (χ4v) is 3.38. The van der Waals surface area contributed by atoms with Gasteiger partial charge in [-0.25, -0.2) is 9.67 Å². The molecule has 4 rings (SSSR count). The van der Waals surface area contributed by atoms with Crippen LogP contribution in [0.25, 0.3) is 17.2 Å². The van der Waals surface area contributed by atoms with Crippen molar-refractivity contribution in [2.24, 2.45) is 0 Å². The average Bonchev–Trinajstić information content (AvgIpc) is 3.34. The lowest BCUT2D eigenvalue weighted by Gasteiger charge is -2.21. The Balaban J connectivity index is 1.82. The van der Waals surface area contributed by atoms with E-state index in [1.807, 2.05) is 71.9 Å². The van der Waals surface area contributed by atoms with Gasteiger partial charge in [-0.3, -0.25) is 4.98 Å². The van der Waals surface area contributed by atoms with Crippen molar-refractivity contribution in [1.82, 2.24) is 24.3 Å². The molecule has 0 fully saturated rings. The van der Waals surface area contributed by atoms with Crippen LogP contribution in [0.1, 0.15) is 30.6 Å². The highest BCUT2D eigenvalue weighted by Crippen LogP contribution is 2.29. The summed E-state index contributed by atoms with van der Waals surface area (Å²) < 4.78 is 4.13. The molecule has 3 heterocycles. The number of rotatable bonds is 5. The number of pyridine rings is 1. The Bertz CT molecular complexity index is 1000. The van der Waals surface area contributed by atoms with Crippen LogP contribution in [-0.4, -0.2) is 24.3 Å². The number of hydrogen-bond donors (Lipinski definition) is 0. The highest BCUT2D eigenvalue weighted by Gasteiger charge is 2.21. The Hall–Kier alpha value is -3.21. The quantitative estimate of drug-likeness (QED) is 0.538. The number of para-hydroxylation sites is 1. The predicted molar refractivity (Wildman–Crippen MR) is 102 cm³/mol. The molecule has 4 aromatic rings. The highest BCUT2D eigenvalue weighted by molar-refractivity contribution is 5.55. The summed E-state index contributed by atoms with van der Waals surface area (Å²) in [6.07, 6.45) is 8.48. The standard InChI is InChI=1S/C21H21N5/c1-3-18(20-16(2)8-7-12-22-20)25-15-14-23-21(25)19-11-13-24-26(19)17-9-5-4-6-10-17/h4-15,18H,3H2,1-2H3. The van der Waals surface area contributed by atoms with Gasteiger partial charge in [-0.1, -0.05) is 31.2 Å². The Morgan fingerprint density at radius 1 is 0.923 bits per heavy atom. The van der Waals surface area contributed by atoms with E-state index in [0.29, 0.717) is 0 Å². The molecule has 0 radical (unpaired) electrons. The van der Waals surface area contributed by atoms with Crippen LogP contribution in [0.5, 0.6) is 0 Å². The smallest absolute Gasteiger partial charge is 0.159 e. The van der Waals surface area contributed by atoms with Gasteiger partial charge in [0, 0.05) is 18.6 Å². The molecule has 1 unspecified atom stereocenters. The Morgan fingerprint density at radius 2 is 1.77 bits per heavy atom. The molecule has 26 heavy (non-hydrogen) atoms. The maximum atomic E-state index is 4.64. The van der Waals surface area contributed by atoms with Crippen LogP contribution in [0, 0.1) is 6.92 Å². The van der Waals surface area contributed by atoms with Gasteiger partial charge in [-0.15, -0.1) is 0 Å². The van der Waals surface area contributed by atoms with Crippen LogP contribution < -0.4 is 0 Å². The molecule has 5 heteroatoms. The SMILES string of the molecule is CCC(c1ncccc1C)n1ccnc1-c1ccnn1-c1ccccc1. The van der Waals surface area contributed by atoms with Crippen LogP contribution in [0.4, 0.5) is 0 Å². The van der Waals surface area contributed by atoms with Crippen molar-refractivity contribution in [1.29, 1.82) is 0 Å². The largest absolute Gasteiger partial charge is 0.321 e. The van der Waals surface area contributed by atoms with Crippen LogP contribution in [-0.2, 0) is 0 Å². The first-order chi connectivity index (χ1) is 12.8. The number of hydrogen-bond acceptors (Lipinski definition) is 3. The van der Waals surface area contributed by atoms with Crippen molar-refractivity contribution in [2.45, 2.75) is 26.3 Å². The third-order valence-corrected chi connectivity index (χ3v) is 4.63. The van der Waals surface area contributed by atoms with Gasteiger partial charge >= 0.3 is 0 Å². The maximum absolute atomic E-state index is 4.64. The summed E-state index contributed by atoms with van der Waals surface area (Å²) in [6, 6.07) is 16.3. The van der Waals surface area contributed by atoms with E-state index >= 15 is 0 Å². The molecule has 0 bridgehead atoms. The number of imidazole rings is 1. The first-order valence-electron chi connectivity index (χ1n) is 8.83. The van der Waals surface area contributed by atoms with Crippen molar-refractivity contribution in [3.63, 3.8) is 0 Å². The van der Waals surface area contributed by atoms with Crippen molar-refractivity contribution >= 4 is 0 Å². The van der Waals surface area contributed by atoms with Crippen molar-refractivity contribution in [3.8, 4) is 17.2 Å². The van der Waals surface area contributed by atoms with Gasteiger partial charge < -0.3 is 4.57 Å². The van der Waals surface area contributed by atoms with Crippen LogP contribution in [0.3, 0.4) is 0 Å². The van der Waals surface area contributed by atoms with Gasteiger partial charge in [0.05, 0.1) is 23.6 Å². The molecule has 0 aliphatic rings. The summed E-state index contributed by atoms with van der Waals surface area (Å²) in [7, 11) is 0. The molecule has 1 atom stereocenters. The lowest BCUT2D eigenvalue weighted by atomic mass is 10.1.